The Morgan fingerprint density at radius 1 is 1.17 bits per heavy atom. The quantitative estimate of drug-likeness (QED) is 0.352. The van der Waals surface area contributed by atoms with Crippen LogP contribution in [0.4, 0.5) is 11.4 Å². The third kappa shape index (κ3) is 6.20. The summed E-state index contributed by atoms with van der Waals surface area (Å²) in [6.07, 6.45) is 4.09. The van der Waals surface area contributed by atoms with E-state index in [0.717, 1.165) is 38.8 Å². The number of benzene rings is 2. The number of anilines is 2. The number of carboxylic acid groups (broad SMARTS) is 1. The molecule has 2 aromatic carbocycles. The molecule has 0 bridgehead atoms. The van der Waals surface area contributed by atoms with Crippen LogP contribution in [0.2, 0.25) is 0 Å². The van der Waals surface area contributed by atoms with E-state index in [1.54, 1.807) is 12.1 Å². The van der Waals surface area contributed by atoms with Crippen molar-refractivity contribution in [3.63, 3.8) is 0 Å². The fourth-order valence-corrected chi connectivity index (χ4v) is 4.28. The zero-order chi connectivity index (χ0) is 21.3. The van der Waals surface area contributed by atoms with Crippen LogP contribution in [0.5, 0.6) is 11.5 Å². The predicted octanol–water partition coefficient (Wildman–Crippen LogP) is 6.60. The zero-order valence-corrected chi connectivity index (χ0v) is 18.4. The Labute approximate surface area is 182 Å². The predicted molar refractivity (Wildman–Crippen MR) is 126 cm³/mol. The maximum Gasteiger partial charge on any atom is 0.335 e. The molecule has 0 aliphatic carbocycles. The molecule has 1 aliphatic rings. The van der Waals surface area contributed by atoms with Crippen molar-refractivity contribution in [1.29, 1.82) is 0 Å². The molecule has 0 fully saturated rings. The summed E-state index contributed by atoms with van der Waals surface area (Å²) in [5.41, 5.74) is 3.05. The minimum Gasteiger partial charge on any atom is -0.478 e. The van der Waals surface area contributed by atoms with Crippen molar-refractivity contribution in [1.82, 2.24) is 0 Å². The number of aromatic carboxylic acids is 1. The number of para-hydroxylation sites is 1. The molecule has 0 saturated carbocycles. The summed E-state index contributed by atoms with van der Waals surface area (Å²) in [5, 5.41) is 19.3. The van der Waals surface area contributed by atoms with Crippen molar-refractivity contribution < 1.29 is 14.6 Å². The fourth-order valence-electron chi connectivity index (χ4n) is 3.33. The Morgan fingerprint density at radius 3 is 2.47 bits per heavy atom. The van der Waals surface area contributed by atoms with Gasteiger partial charge >= 0.3 is 5.97 Å². The standard InChI is InChI=1S/C24H30N2O3S/c1-3-4-11-25-21-14-19(24(27)28)15-22(23(21)29-20-8-6-5-7-9-20)26-12-10-18-13-17(2)30-16-18/h5-9,14-17,25-26H,3-4,10-13H2,1-2H3,(H,27,28). The summed E-state index contributed by atoms with van der Waals surface area (Å²) in [4.78, 5) is 11.7. The Morgan fingerprint density at radius 2 is 1.87 bits per heavy atom. The summed E-state index contributed by atoms with van der Waals surface area (Å²) in [6.45, 7) is 5.84. The highest BCUT2D eigenvalue weighted by Crippen LogP contribution is 2.39. The lowest BCUT2D eigenvalue weighted by Crippen LogP contribution is -2.10. The number of hydrogen-bond acceptors (Lipinski definition) is 5. The van der Waals surface area contributed by atoms with E-state index in [-0.39, 0.29) is 5.56 Å². The van der Waals surface area contributed by atoms with Gasteiger partial charge in [0.25, 0.3) is 0 Å². The number of rotatable bonds is 11. The van der Waals surface area contributed by atoms with Gasteiger partial charge < -0.3 is 20.5 Å². The number of thioether (sulfide) groups is 1. The van der Waals surface area contributed by atoms with Gasteiger partial charge in [-0.3, -0.25) is 0 Å². The van der Waals surface area contributed by atoms with Gasteiger partial charge in [-0.25, -0.2) is 4.79 Å². The molecule has 3 rings (SSSR count). The molecule has 1 atom stereocenters. The number of nitrogens with one attached hydrogen (secondary N) is 2. The molecule has 1 aliphatic heterocycles. The van der Waals surface area contributed by atoms with Crippen LogP contribution in [-0.2, 0) is 0 Å². The van der Waals surface area contributed by atoms with Gasteiger partial charge in [0.05, 0.1) is 16.9 Å². The number of ether oxygens (including phenoxy) is 1. The largest absolute Gasteiger partial charge is 0.478 e. The maximum atomic E-state index is 11.7. The van der Waals surface area contributed by atoms with Crippen LogP contribution in [0.25, 0.3) is 0 Å². The maximum absolute atomic E-state index is 11.7. The van der Waals surface area contributed by atoms with Gasteiger partial charge in [-0.2, -0.15) is 0 Å². The van der Waals surface area contributed by atoms with Crippen molar-refractivity contribution in [2.75, 3.05) is 23.7 Å². The first kappa shape index (κ1) is 22.1. The Bertz CT molecular complexity index is 884. The van der Waals surface area contributed by atoms with Crippen LogP contribution in [0.15, 0.2) is 53.4 Å². The molecule has 1 unspecified atom stereocenters. The molecule has 0 spiro atoms. The normalized spacial score (nSPS) is 15.5. The summed E-state index contributed by atoms with van der Waals surface area (Å²) in [5.74, 6) is 0.392. The lowest BCUT2D eigenvalue weighted by molar-refractivity contribution is 0.0697. The highest BCUT2D eigenvalue weighted by atomic mass is 32.2. The van der Waals surface area contributed by atoms with Crippen molar-refractivity contribution in [3.05, 3.63) is 59.0 Å². The first-order valence-electron chi connectivity index (χ1n) is 10.5. The van der Waals surface area contributed by atoms with E-state index in [4.69, 9.17) is 4.74 Å². The molecule has 30 heavy (non-hydrogen) atoms. The third-order valence-corrected chi connectivity index (χ3v) is 6.02. The number of hydrogen-bond donors (Lipinski definition) is 3. The van der Waals surface area contributed by atoms with Crippen LogP contribution in [0.1, 0.15) is 49.9 Å². The molecule has 160 valence electrons. The Kier molecular flexibility index (Phi) is 8.08. The van der Waals surface area contributed by atoms with Gasteiger partial charge in [0.1, 0.15) is 5.75 Å². The number of unbranched alkanes of at least 4 members (excludes halogenated alkanes) is 1. The molecular formula is C24H30N2O3S. The van der Waals surface area contributed by atoms with Crippen LogP contribution >= 0.6 is 11.8 Å². The minimum atomic E-state index is -0.952. The van der Waals surface area contributed by atoms with Gasteiger partial charge in [-0.1, -0.05) is 44.0 Å². The minimum absolute atomic E-state index is 0.237. The van der Waals surface area contributed by atoms with E-state index in [1.165, 1.54) is 5.57 Å². The van der Waals surface area contributed by atoms with Gasteiger partial charge in [-0.15, -0.1) is 11.8 Å². The average Bonchev–Trinajstić information content (AvgIpc) is 3.15. The molecular weight excluding hydrogens is 396 g/mol. The molecule has 0 radical (unpaired) electrons. The SMILES string of the molecule is CCCCNc1cc(C(=O)O)cc(NCCC2=CSC(C)C2)c1Oc1ccccc1. The van der Waals surface area contributed by atoms with Crippen LogP contribution in [0, 0.1) is 0 Å². The Hall–Kier alpha value is -2.60. The molecule has 1 heterocycles. The van der Waals surface area contributed by atoms with E-state index < -0.39 is 5.97 Å². The molecule has 5 nitrogen and oxygen atoms in total. The first-order valence-corrected chi connectivity index (χ1v) is 11.5. The lowest BCUT2D eigenvalue weighted by Gasteiger charge is -2.19. The smallest absolute Gasteiger partial charge is 0.335 e. The van der Waals surface area contributed by atoms with Crippen LogP contribution in [-0.4, -0.2) is 29.4 Å². The highest BCUT2D eigenvalue weighted by molar-refractivity contribution is 8.03. The first-order chi connectivity index (χ1) is 14.6. The zero-order valence-electron chi connectivity index (χ0n) is 17.6. The second-order valence-corrected chi connectivity index (χ2v) is 8.82. The molecule has 2 aromatic rings. The second kappa shape index (κ2) is 11.0. The highest BCUT2D eigenvalue weighted by Gasteiger charge is 2.18. The number of carbonyl (C=O) groups is 1. The van der Waals surface area contributed by atoms with Crippen molar-refractivity contribution in [3.8, 4) is 11.5 Å². The molecule has 0 amide bonds. The van der Waals surface area contributed by atoms with Crippen LogP contribution in [0.3, 0.4) is 0 Å². The molecule has 3 N–H and O–H groups in total. The molecule has 6 heteroatoms. The fraction of sp³-hybridized carbons (Fsp3) is 0.375. The topological polar surface area (TPSA) is 70.6 Å². The van der Waals surface area contributed by atoms with E-state index in [1.807, 2.05) is 42.1 Å². The second-order valence-electron chi connectivity index (χ2n) is 7.50. The lowest BCUT2D eigenvalue weighted by atomic mass is 10.1. The number of carboxylic acids is 1. The van der Waals surface area contributed by atoms with Crippen molar-refractivity contribution in [2.24, 2.45) is 0 Å². The molecule has 0 saturated heterocycles. The van der Waals surface area contributed by atoms with E-state index in [2.05, 4.69) is 29.9 Å². The van der Waals surface area contributed by atoms with E-state index in [9.17, 15) is 9.90 Å². The van der Waals surface area contributed by atoms with E-state index >= 15 is 0 Å². The summed E-state index contributed by atoms with van der Waals surface area (Å²) in [6, 6.07) is 12.9. The monoisotopic (exact) mass is 426 g/mol. The van der Waals surface area contributed by atoms with Gasteiger partial charge in [-0.05, 0) is 48.9 Å². The van der Waals surface area contributed by atoms with Crippen molar-refractivity contribution >= 4 is 29.1 Å². The van der Waals surface area contributed by atoms with Gasteiger partial charge in [0.2, 0.25) is 0 Å². The Balaban J connectivity index is 1.86. The van der Waals surface area contributed by atoms with Crippen molar-refractivity contribution in [2.45, 2.75) is 44.8 Å². The van der Waals surface area contributed by atoms with Gasteiger partial charge in [0, 0.05) is 18.3 Å². The average molecular weight is 427 g/mol. The third-order valence-electron chi connectivity index (χ3n) is 4.92. The van der Waals surface area contributed by atoms with Crippen LogP contribution < -0.4 is 15.4 Å². The van der Waals surface area contributed by atoms with Gasteiger partial charge in [0.15, 0.2) is 5.75 Å². The summed E-state index contributed by atoms with van der Waals surface area (Å²) in [7, 11) is 0. The summed E-state index contributed by atoms with van der Waals surface area (Å²) < 4.78 is 6.21. The van der Waals surface area contributed by atoms with E-state index in [0.29, 0.717) is 28.1 Å². The molecule has 0 aromatic heterocycles. The summed E-state index contributed by atoms with van der Waals surface area (Å²) >= 11 is 1.87.